The van der Waals surface area contributed by atoms with Crippen LogP contribution in [0.25, 0.3) is 0 Å². The van der Waals surface area contributed by atoms with E-state index >= 15 is 0 Å². The van der Waals surface area contributed by atoms with Crippen molar-refractivity contribution in [3.8, 4) is 5.75 Å². The Morgan fingerprint density at radius 1 is 1.11 bits per heavy atom. The molecule has 2 N–H and O–H groups in total. The van der Waals surface area contributed by atoms with Gasteiger partial charge in [0.1, 0.15) is 5.75 Å². The third kappa shape index (κ3) is 3.06. The first-order valence-electron chi connectivity index (χ1n) is 5.54. The number of phenols is 1. The van der Waals surface area contributed by atoms with Gasteiger partial charge in [-0.3, -0.25) is 0 Å². The monoisotopic (exact) mass is 369 g/mol. The summed E-state index contributed by atoms with van der Waals surface area (Å²) >= 11 is 6.83. The molecule has 0 fully saturated rings. The number of hydrogen-bond acceptors (Lipinski definition) is 2. The van der Waals surface area contributed by atoms with Crippen LogP contribution in [0.5, 0.6) is 5.75 Å². The standard InChI is InChI=1S/C14H13Br2NO/c1-9-11(15)3-2-4-13(9)17-8-10-5-6-14(18)12(16)7-10/h2-7,17-18H,8H2,1H3. The van der Waals surface area contributed by atoms with E-state index < -0.39 is 0 Å². The second-order valence-corrected chi connectivity index (χ2v) is 5.76. The lowest BCUT2D eigenvalue weighted by Crippen LogP contribution is -2.01. The lowest BCUT2D eigenvalue weighted by molar-refractivity contribution is 0.471. The molecule has 18 heavy (non-hydrogen) atoms. The van der Waals surface area contributed by atoms with Crippen LogP contribution >= 0.6 is 31.9 Å². The molecule has 0 saturated heterocycles. The second-order valence-electron chi connectivity index (χ2n) is 4.05. The van der Waals surface area contributed by atoms with Crippen LogP contribution in [0.2, 0.25) is 0 Å². The molecule has 2 aromatic carbocycles. The van der Waals surface area contributed by atoms with E-state index in [0.717, 1.165) is 22.3 Å². The molecule has 0 saturated carbocycles. The molecule has 2 aromatic rings. The van der Waals surface area contributed by atoms with Gasteiger partial charge in [0.15, 0.2) is 0 Å². The van der Waals surface area contributed by atoms with Crippen LogP contribution in [0.1, 0.15) is 11.1 Å². The minimum absolute atomic E-state index is 0.261. The minimum Gasteiger partial charge on any atom is -0.507 e. The predicted octanol–water partition coefficient (Wildman–Crippen LogP) is 4.84. The van der Waals surface area contributed by atoms with Gasteiger partial charge >= 0.3 is 0 Å². The summed E-state index contributed by atoms with van der Waals surface area (Å²) in [6, 6.07) is 11.6. The van der Waals surface area contributed by atoms with Gasteiger partial charge in [0.2, 0.25) is 0 Å². The summed E-state index contributed by atoms with van der Waals surface area (Å²) in [5.74, 6) is 0.261. The number of hydrogen-bond donors (Lipinski definition) is 2. The van der Waals surface area contributed by atoms with Gasteiger partial charge in [-0.15, -0.1) is 0 Å². The van der Waals surface area contributed by atoms with Gasteiger partial charge in [-0.25, -0.2) is 0 Å². The quantitative estimate of drug-likeness (QED) is 0.810. The Morgan fingerprint density at radius 2 is 1.89 bits per heavy atom. The molecule has 0 radical (unpaired) electrons. The fourth-order valence-corrected chi connectivity index (χ4v) is 2.45. The molecule has 0 aliphatic carbocycles. The topological polar surface area (TPSA) is 32.3 Å². The third-order valence-corrected chi connectivity index (χ3v) is 4.26. The minimum atomic E-state index is 0.261. The van der Waals surface area contributed by atoms with Crippen molar-refractivity contribution < 1.29 is 5.11 Å². The Morgan fingerprint density at radius 3 is 2.61 bits per heavy atom. The van der Waals surface area contributed by atoms with E-state index in [1.54, 1.807) is 6.07 Å². The van der Waals surface area contributed by atoms with Gasteiger partial charge in [-0.05, 0) is 58.2 Å². The highest BCUT2D eigenvalue weighted by Gasteiger charge is 2.03. The largest absolute Gasteiger partial charge is 0.507 e. The van der Waals surface area contributed by atoms with Gasteiger partial charge in [0, 0.05) is 16.7 Å². The van der Waals surface area contributed by atoms with Crippen LogP contribution in [0.4, 0.5) is 5.69 Å². The summed E-state index contributed by atoms with van der Waals surface area (Å²) in [6.45, 7) is 2.79. The summed E-state index contributed by atoms with van der Waals surface area (Å²) in [7, 11) is 0. The lowest BCUT2D eigenvalue weighted by Gasteiger charge is -2.11. The van der Waals surface area contributed by atoms with Crippen molar-refractivity contribution in [2.45, 2.75) is 13.5 Å². The fraction of sp³-hybridized carbons (Fsp3) is 0.143. The van der Waals surface area contributed by atoms with E-state index in [9.17, 15) is 5.11 Å². The molecule has 0 spiro atoms. The zero-order valence-electron chi connectivity index (χ0n) is 9.87. The molecule has 4 heteroatoms. The van der Waals surface area contributed by atoms with Crippen LogP contribution in [-0.2, 0) is 6.54 Å². The Labute approximate surface area is 123 Å². The highest BCUT2D eigenvalue weighted by atomic mass is 79.9. The molecular formula is C14H13Br2NO. The van der Waals surface area contributed by atoms with E-state index in [1.165, 1.54) is 5.56 Å². The lowest BCUT2D eigenvalue weighted by atomic mass is 10.1. The van der Waals surface area contributed by atoms with Crippen LogP contribution in [0.3, 0.4) is 0 Å². The van der Waals surface area contributed by atoms with Gasteiger partial charge in [-0.1, -0.05) is 28.1 Å². The fourth-order valence-electron chi connectivity index (χ4n) is 1.66. The van der Waals surface area contributed by atoms with Crippen LogP contribution in [-0.4, -0.2) is 5.11 Å². The third-order valence-electron chi connectivity index (χ3n) is 2.76. The van der Waals surface area contributed by atoms with Crippen molar-refractivity contribution in [1.82, 2.24) is 0 Å². The van der Waals surface area contributed by atoms with Crippen molar-refractivity contribution in [2.24, 2.45) is 0 Å². The molecule has 0 bridgehead atoms. The summed E-state index contributed by atoms with van der Waals surface area (Å²) in [4.78, 5) is 0. The number of rotatable bonds is 3. The molecular weight excluding hydrogens is 358 g/mol. The van der Waals surface area contributed by atoms with E-state index in [-0.39, 0.29) is 5.75 Å². The Kier molecular flexibility index (Phi) is 4.30. The molecule has 2 rings (SSSR count). The van der Waals surface area contributed by atoms with Gasteiger partial charge in [-0.2, -0.15) is 0 Å². The number of nitrogens with one attached hydrogen (secondary N) is 1. The van der Waals surface area contributed by atoms with E-state index in [2.05, 4.69) is 50.2 Å². The SMILES string of the molecule is Cc1c(Br)cccc1NCc1ccc(O)c(Br)c1. The van der Waals surface area contributed by atoms with Crippen molar-refractivity contribution in [3.05, 3.63) is 56.5 Å². The molecule has 94 valence electrons. The summed E-state index contributed by atoms with van der Waals surface area (Å²) in [6.07, 6.45) is 0. The number of phenolic OH excluding ortho intramolecular Hbond substituents is 1. The molecule has 0 heterocycles. The molecule has 0 amide bonds. The Balaban J connectivity index is 2.11. The summed E-state index contributed by atoms with van der Waals surface area (Å²) in [5.41, 5.74) is 3.41. The van der Waals surface area contributed by atoms with Crippen molar-refractivity contribution >= 4 is 37.5 Å². The highest BCUT2D eigenvalue weighted by Crippen LogP contribution is 2.26. The molecule has 0 unspecified atom stereocenters. The molecule has 0 atom stereocenters. The zero-order valence-corrected chi connectivity index (χ0v) is 13.0. The number of halogens is 2. The molecule has 0 aromatic heterocycles. The van der Waals surface area contributed by atoms with Gasteiger partial charge < -0.3 is 10.4 Å². The van der Waals surface area contributed by atoms with Crippen LogP contribution in [0, 0.1) is 6.92 Å². The maximum absolute atomic E-state index is 9.44. The second kappa shape index (κ2) is 5.76. The van der Waals surface area contributed by atoms with Crippen LogP contribution < -0.4 is 5.32 Å². The van der Waals surface area contributed by atoms with E-state index in [4.69, 9.17) is 0 Å². The molecule has 0 aliphatic heterocycles. The van der Waals surface area contributed by atoms with Crippen molar-refractivity contribution in [1.29, 1.82) is 0 Å². The number of benzene rings is 2. The Hall–Kier alpha value is -1.00. The van der Waals surface area contributed by atoms with Gasteiger partial charge in [0.05, 0.1) is 4.47 Å². The number of anilines is 1. The number of aromatic hydroxyl groups is 1. The first kappa shape index (κ1) is 13.4. The van der Waals surface area contributed by atoms with E-state index in [1.807, 2.05) is 24.3 Å². The smallest absolute Gasteiger partial charge is 0.129 e. The first-order chi connectivity index (χ1) is 8.58. The maximum Gasteiger partial charge on any atom is 0.129 e. The average molecular weight is 371 g/mol. The zero-order chi connectivity index (χ0) is 13.1. The molecule has 0 aliphatic rings. The summed E-state index contributed by atoms with van der Waals surface area (Å²) < 4.78 is 1.81. The average Bonchev–Trinajstić information content (AvgIpc) is 2.35. The predicted molar refractivity (Wildman–Crippen MR) is 82.0 cm³/mol. The van der Waals surface area contributed by atoms with Crippen LogP contribution in [0.15, 0.2) is 45.3 Å². The summed E-state index contributed by atoms with van der Waals surface area (Å²) in [5, 5.41) is 12.8. The normalized spacial score (nSPS) is 10.4. The van der Waals surface area contributed by atoms with E-state index in [0.29, 0.717) is 4.47 Å². The Bertz CT molecular complexity index is 570. The highest BCUT2D eigenvalue weighted by molar-refractivity contribution is 9.10. The van der Waals surface area contributed by atoms with Gasteiger partial charge in [0.25, 0.3) is 0 Å². The van der Waals surface area contributed by atoms with Crippen molar-refractivity contribution in [3.63, 3.8) is 0 Å². The van der Waals surface area contributed by atoms with Crippen molar-refractivity contribution in [2.75, 3.05) is 5.32 Å². The maximum atomic E-state index is 9.44. The first-order valence-corrected chi connectivity index (χ1v) is 7.13. The molecule has 2 nitrogen and oxygen atoms in total.